The summed E-state index contributed by atoms with van der Waals surface area (Å²) in [5.41, 5.74) is 8.36. The number of ketones is 1. The van der Waals surface area contributed by atoms with Crippen molar-refractivity contribution in [2.45, 2.75) is 33.6 Å². The lowest BCUT2D eigenvalue weighted by Crippen LogP contribution is -2.26. The van der Waals surface area contributed by atoms with Gasteiger partial charge in [0.1, 0.15) is 0 Å². The average molecular weight is 366 g/mol. The molecule has 0 spiro atoms. The van der Waals surface area contributed by atoms with Gasteiger partial charge in [-0.15, -0.1) is 12.4 Å². The van der Waals surface area contributed by atoms with Crippen molar-refractivity contribution < 1.29 is 9.59 Å². The van der Waals surface area contributed by atoms with Crippen molar-refractivity contribution in [2.24, 2.45) is 5.41 Å². The molecule has 0 unspecified atom stereocenters. The molecule has 3 N–H and O–H groups in total. The summed E-state index contributed by atoms with van der Waals surface area (Å²) in [4.78, 5) is 29.8. The standard InChI is InChI=1S/C17H19N3O2S.ClH/c1-9-4-5-10(18)6-11(9)15(22)20-16-19-12-7-17(2,3)8-13(21)14(12)23-16;/h4-6H,7-8,18H2,1-3H3,(H,19,20,22);1H. The van der Waals surface area contributed by atoms with E-state index in [0.29, 0.717) is 27.7 Å². The number of nitrogens with one attached hydrogen (secondary N) is 1. The minimum atomic E-state index is -0.257. The van der Waals surface area contributed by atoms with Crippen LogP contribution in [0.15, 0.2) is 18.2 Å². The largest absolute Gasteiger partial charge is 0.399 e. The summed E-state index contributed by atoms with van der Waals surface area (Å²) in [7, 11) is 0. The van der Waals surface area contributed by atoms with Gasteiger partial charge >= 0.3 is 0 Å². The van der Waals surface area contributed by atoms with Crippen molar-refractivity contribution in [2.75, 3.05) is 11.1 Å². The molecule has 5 nitrogen and oxygen atoms in total. The number of carbonyl (C=O) groups excluding carboxylic acids is 2. The second-order valence-corrected chi connectivity index (χ2v) is 7.76. The summed E-state index contributed by atoms with van der Waals surface area (Å²) in [5.74, 6) is -0.151. The fourth-order valence-corrected chi connectivity index (χ4v) is 3.74. The van der Waals surface area contributed by atoms with Crippen molar-refractivity contribution in [1.82, 2.24) is 4.98 Å². The molecule has 2 aromatic rings. The smallest absolute Gasteiger partial charge is 0.257 e. The fourth-order valence-electron chi connectivity index (χ4n) is 2.82. The van der Waals surface area contributed by atoms with Gasteiger partial charge < -0.3 is 5.73 Å². The number of amides is 1. The average Bonchev–Trinajstić information content (AvgIpc) is 2.82. The second-order valence-electron chi connectivity index (χ2n) is 6.76. The van der Waals surface area contributed by atoms with Gasteiger partial charge in [0, 0.05) is 17.7 Å². The van der Waals surface area contributed by atoms with Crippen LogP contribution in [-0.4, -0.2) is 16.7 Å². The third-order valence-electron chi connectivity index (χ3n) is 3.96. The highest BCUT2D eigenvalue weighted by molar-refractivity contribution is 7.17. The van der Waals surface area contributed by atoms with Crippen LogP contribution in [-0.2, 0) is 6.42 Å². The Morgan fingerprint density at radius 1 is 1.33 bits per heavy atom. The number of benzene rings is 1. The highest BCUT2D eigenvalue weighted by atomic mass is 35.5. The normalized spacial score (nSPS) is 15.4. The molecule has 1 aromatic carbocycles. The van der Waals surface area contributed by atoms with Crippen molar-refractivity contribution in [3.63, 3.8) is 0 Å². The van der Waals surface area contributed by atoms with Crippen LogP contribution >= 0.6 is 23.7 Å². The number of nitrogens with two attached hydrogens (primary N) is 1. The molecule has 1 heterocycles. The van der Waals surface area contributed by atoms with Gasteiger partial charge in [-0.1, -0.05) is 31.3 Å². The van der Waals surface area contributed by atoms with E-state index in [1.54, 1.807) is 12.1 Å². The molecule has 0 fully saturated rings. The number of carbonyl (C=O) groups is 2. The minimum Gasteiger partial charge on any atom is -0.399 e. The molecule has 0 atom stereocenters. The van der Waals surface area contributed by atoms with Crippen molar-refractivity contribution in [1.29, 1.82) is 0 Å². The topological polar surface area (TPSA) is 85.1 Å². The summed E-state index contributed by atoms with van der Waals surface area (Å²) in [6.45, 7) is 5.97. The van der Waals surface area contributed by atoms with Gasteiger partial charge in [0.2, 0.25) is 0 Å². The van der Waals surface area contributed by atoms with Crippen LogP contribution < -0.4 is 11.1 Å². The lowest BCUT2D eigenvalue weighted by atomic mass is 9.78. The molecular weight excluding hydrogens is 346 g/mol. The molecule has 3 rings (SSSR count). The van der Waals surface area contributed by atoms with E-state index in [1.165, 1.54) is 11.3 Å². The molecule has 128 valence electrons. The van der Waals surface area contributed by atoms with E-state index in [4.69, 9.17) is 5.73 Å². The maximum absolute atomic E-state index is 12.4. The molecule has 0 radical (unpaired) electrons. The van der Waals surface area contributed by atoms with Gasteiger partial charge in [-0.25, -0.2) is 4.98 Å². The molecule has 7 heteroatoms. The van der Waals surface area contributed by atoms with E-state index >= 15 is 0 Å². The summed E-state index contributed by atoms with van der Waals surface area (Å²) in [6.07, 6.45) is 1.27. The first-order valence-electron chi connectivity index (χ1n) is 7.45. The third kappa shape index (κ3) is 3.60. The number of hydrogen-bond acceptors (Lipinski definition) is 5. The van der Waals surface area contributed by atoms with Crippen LogP contribution in [0.5, 0.6) is 0 Å². The Morgan fingerprint density at radius 3 is 2.75 bits per heavy atom. The zero-order valence-electron chi connectivity index (χ0n) is 13.8. The maximum atomic E-state index is 12.4. The number of nitrogen functional groups attached to an aromatic ring is 1. The predicted octanol–water partition coefficient (Wildman–Crippen LogP) is 3.86. The van der Waals surface area contributed by atoms with E-state index in [-0.39, 0.29) is 29.5 Å². The molecular formula is C17H20ClN3O2S. The highest BCUT2D eigenvalue weighted by Gasteiger charge is 2.34. The Hall–Kier alpha value is -1.92. The molecule has 24 heavy (non-hydrogen) atoms. The van der Waals surface area contributed by atoms with Gasteiger partial charge in [-0.05, 0) is 36.5 Å². The van der Waals surface area contributed by atoms with Gasteiger partial charge in [-0.2, -0.15) is 0 Å². The zero-order valence-corrected chi connectivity index (χ0v) is 15.4. The van der Waals surface area contributed by atoms with Gasteiger partial charge in [0.25, 0.3) is 5.91 Å². The monoisotopic (exact) mass is 365 g/mol. The first-order valence-corrected chi connectivity index (χ1v) is 8.27. The summed E-state index contributed by atoms with van der Waals surface area (Å²) in [5, 5.41) is 3.26. The number of nitrogens with zero attached hydrogens (tertiary/aromatic N) is 1. The van der Waals surface area contributed by atoms with E-state index in [9.17, 15) is 9.59 Å². The van der Waals surface area contributed by atoms with Crippen LogP contribution in [0.25, 0.3) is 0 Å². The Kier molecular flexibility index (Phi) is 5.01. The predicted molar refractivity (Wildman–Crippen MR) is 99.3 cm³/mol. The second kappa shape index (κ2) is 6.53. The van der Waals surface area contributed by atoms with E-state index in [1.807, 2.05) is 13.0 Å². The Bertz CT molecular complexity index is 814. The number of hydrogen-bond donors (Lipinski definition) is 2. The number of fused-ring (bicyclic) bond motifs is 1. The van der Waals surface area contributed by atoms with Crippen LogP contribution in [0.3, 0.4) is 0 Å². The summed E-state index contributed by atoms with van der Waals surface area (Å²) >= 11 is 1.25. The van der Waals surface area contributed by atoms with Crippen molar-refractivity contribution in [3.8, 4) is 0 Å². The van der Waals surface area contributed by atoms with Crippen LogP contribution in [0, 0.1) is 12.3 Å². The lowest BCUT2D eigenvalue weighted by molar-refractivity contribution is 0.0915. The van der Waals surface area contributed by atoms with Crippen molar-refractivity contribution in [3.05, 3.63) is 39.9 Å². The Morgan fingerprint density at radius 2 is 2.04 bits per heavy atom. The first kappa shape index (κ1) is 18.4. The number of rotatable bonds is 2. The van der Waals surface area contributed by atoms with Gasteiger partial charge in [0.05, 0.1) is 10.6 Å². The van der Waals surface area contributed by atoms with Crippen molar-refractivity contribution >= 4 is 46.3 Å². The minimum absolute atomic E-state index is 0. The molecule has 0 saturated carbocycles. The zero-order chi connectivity index (χ0) is 16.8. The molecule has 1 aliphatic carbocycles. The van der Waals surface area contributed by atoms with E-state index in [2.05, 4.69) is 24.1 Å². The fraction of sp³-hybridized carbons (Fsp3) is 0.353. The molecule has 0 bridgehead atoms. The number of thiazole rings is 1. The van der Waals surface area contributed by atoms with Gasteiger partial charge in [0.15, 0.2) is 10.9 Å². The van der Waals surface area contributed by atoms with Gasteiger partial charge in [-0.3, -0.25) is 14.9 Å². The lowest BCUT2D eigenvalue weighted by Gasteiger charge is -2.26. The highest BCUT2D eigenvalue weighted by Crippen LogP contribution is 2.38. The number of aryl methyl sites for hydroxylation is 1. The number of Topliss-reactive ketones (excluding diaryl/α,β-unsaturated/α-hetero) is 1. The Labute approximate surface area is 151 Å². The van der Waals surface area contributed by atoms with E-state index in [0.717, 1.165) is 17.7 Å². The van der Waals surface area contributed by atoms with Crippen LogP contribution in [0.2, 0.25) is 0 Å². The quantitative estimate of drug-likeness (QED) is 0.791. The molecule has 0 aliphatic heterocycles. The number of halogens is 1. The Balaban J connectivity index is 0.00000208. The molecule has 1 aliphatic rings. The van der Waals surface area contributed by atoms with Crippen LogP contribution in [0.1, 0.15) is 51.6 Å². The SMILES string of the molecule is Cc1ccc(N)cc1C(=O)Nc1nc2c(s1)C(=O)CC(C)(C)C2.Cl. The third-order valence-corrected chi connectivity index (χ3v) is 5.02. The summed E-state index contributed by atoms with van der Waals surface area (Å²) < 4.78 is 0. The van der Waals surface area contributed by atoms with Crippen LogP contribution in [0.4, 0.5) is 10.8 Å². The first-order chi connectivity index (χ1) is 10.7. The number of aromatic nitrogens is 1. The summed E-state index contributed by atoms with van der Waals surface area (Å²) in [6, 6.07) is 5.21. The van der Waals surface area contributed by atoms with E-state index < -0.39 is 0 Å². The number of anilines is 2. The molecule has 0 saturated heterocycles. The molecule has 1 aromatic heterocycles. The molecule has 1 amide bonds. The maximum Gasteiger partial charge on any atom is 0.257 e.